The molecule has 0 amide bonds. The van der Waals surface area contributed by atoms with Crippen molar-refractivity contribution in [2.75, 3.05) is 19.3 Å². The first-order valence-electron chi connectivity index (χ1n) is 7.67. The second-order valence-corrected chi connectivity index (χ2v) is 8.71. The zero-order chi connectivity index (χ0) is 16.8. The maximum absolute atomic E-state index is 12.0. The van der Waals surface area contributed by atoms with Gasteiger partial charge in [0.05, 0.1) is 6.04 Å². The zero-order valence-electron chi connectivity index (χ0n) is 15.0. The molecule has 2 N–H and O–H groups in total. The predicted molar refractivity (Wildman–Crippen MR) is 112 cm³/mol. The van der Waals surface area contributed by atoms with Crippen molar-refractivity contribution in [3.63, 3.8) is 0 Å². The summed E-state index contributed by atoms with van der Waals surface area (Å²) in [7, 11) is 0.897. The molecule has 0 bridgehead atoms. The van der Waals surface area contributed by atoms with Crippen LogP contribution in [-0.4, -0.2) is 34.3 Å². The molecule has 0 radical (unpaired) electrons. The van der Waals surface area contributed by atoms with Crippen molar-refractivity contribution in [2.24, 2.45) is 4.99 Å². The molecule has 132 valence electrons. The summed E-state index contributed by atoms with van der Waals surface area (Å²) in [6, 6.07) is 8.48. The fourth-order valence-electron chi connectivity index (χ4n) is 2.12. The Morgan fingerprint density at radius 2 is 1.91 bits per heavy atom. The maximum Gasteiger partial charge on any atom is 0.191 e. The molecule has 0 aliphatic carbocycles. The minimum absolute atomic E-state index is 0. The van der Waals surface area contributed by atoms with Gasteiger partial charge in [0.15, 0.2) is 5.96 Å². The van der Waals surface area contributed by atoms with E-state index >= 15 is 0 Å². The molecule has 0 heterocycles. The van der Waals surface area contributed by atoms with Crippen LogP contribution in [-0.2, 0) is 10.8 Å². The van der Waals surface area contributed by atoms with Crippen LogP contribution in [0.5, 0.6) is 0 Å². The van der Waals surface area contributed by atoms with Crippen molar-refractivity contribution in [2.45, 2.75) is 45.4 Å². The highest BCUT2D eigenvalue weighted by Crippen LogP contribution is 2.16. The molecule has 0 aliphatic rings. The molecule has 2 unspecified atom stereocenters. The van der Waals surface area contributed by atoms with Gasteiger partial charge >= 0.3 is 0 Å². The number of rotatable bonds is 5. The van der Waals surface area contributed by atoms with E-state index in [0.29, 0.717) is 12.3 Å². The molecule has 0 fully saturated rings. The Labute approximate surface area is 160 Å². The van der Waals surface area contributed by atoms with E-state index in [4.69, 9.17) is 0 Å². The van der Waals surface area contributed by atoms with E-state index in [1.54, 1.807) is 7.05 Å². The lowest BCUT2D eigenvalue weighted by Crippen LogP contribution is -2.41. The number of nitrogens with one attached hydrogen (secondary N) is 2. The third kappa shape index (κ3) is 7.65. The summed E-state index contributed by atoms with van der Waals surface area (Å²) in [5, 5.41) is 6.61. The Hall–Kier alpha value is -0.630. The third-order valence-corrected chi connectivity index (χ3v) is 5.44. The number of hydrogen-bond acceptors (Lipinski definition) is 2. The lowest BCUT2D eigenvalue weighted by molar-refractivity contribution is 0.645. The Bertz CT molecular complexity index is 541. The molecule has 0 aliphatic heterocycles. The van der Waals surface area contributed by atoms with Gasteiger partial charge in [-0.05, 0) is 45.7 Å². The van der Waals surface area contributed by atoms with Crippen LogP contribution in [0.4, 0.5) is 0 Å². The molecular formula is C17H30IN3OS. The van der Waals surface area contributed by atoms with Crippen LogP contribution < -0.4 is 10.6 Å². The first kappa shape index (κ1) is 22.4. The smallest absolute Gasteiger partial charge is 0.191 e. The lowest BCUT2D eigenvalue weighted by Gasteiger charge is -2.21. The number of halogens is 1. The number of nitrogens with zero attached hydrogens (tertiary/aromatic N) is 1. The van der Waals surface area contributed by atoms with Crippen molar-refractivity contribution in [1.82, 2.24) is 10.6 Å². The van der Waals surface area contributed by atoms with Gasteiger partial charge in [-0.15, -0.1) is 24.0 Å². The van der Waals surface area contributed by atoms with Gasteiger partial charge < -0.3 is 10.6 Å². The predicted octanol–water partition coefficient (Wildman–Crippen LogP) is 3.39. The van der Waals surface area contributed by atoms with E-state index in [1.807, 2.05) is 32.9 Å². The highest BCUT2D eigenvalue weighted by molar-refractivity contribution is 14.0. The molecule has 4 nitrogen and oxygen atoms in total. The second kappa shape index (κ2) is 10.3. The average molecular weight is 451 g/mol. The van der Waals surface area contributed by atoms with Crippen molar-refractivity contribution < 1.29 is 4.21 Å². The van der Waals surface area contributed by atoms with Crippen LogP contribution in [0.15, 0.2) is 29.3 Å². The molecule has 23 heavy (non-hydrogen) atoms. The molecule has 0 aromatic heterocycles. The number of aryl methyl sites for hydroxylation is 1. The molecule has 1 rings (SSSR count). The number of benzene rings is 1. The van der Waals surface area contributed by atoms with Crippen LogP contribution in [0.25, 0.3) is 0 Å². The van der Waals surface area contributed by atoms with E-state index in [0.717, 1.165) is 5.96 Å². The van der Waals surface area contributed by atoms with Crippen LogP contribution in [0.3, 0.4) is 0 Å². The number of aliphatic imine (C=N–C) groups is 1. The molecule has 1 aromatic rings. The van der Waals surface area contributed by atoms with E-state index in [-0.39, 0.29) is 34.8 Å². The molecule has 6 heteroatoms. The van der Waals surface area contributed by atoms with Gasteiger partial charge in [0.2, 0.25) is 0 Å². The summed E-state index contributed by atoms with van der Waals surface area (Å²) in [6.07, 6.45) is 0. The van der Waals surface area contributed by atoms with Gasteiger partial charge in [0.1, 0.15) is 0 Å². The average Bonchev–Trinajstić information content (AvgIpc) is 2.45. The SMILES string of the molecule is CN=C(NCCS(=O)C(C)(C)C)NC(C)c1ccccc1C.I. The van der Waals surface area contributed by atoms with Gasteiger partial charge in [-0.25, -0.2) is 0 Å². The summed E-state index contributed by atoms with van der Waals surface area (Å²) in [6.45, 7) is 10.9. The molecule has 2 atom stereocenters. The Morgan fingerprint density at radius 3 is 2.43 bits per heavy atom. The Balaban J connectivity index is 0.00000484. The molecule has 0 spiro atoms. The van der Waals surface area contributed by atoms with Crippen molar-refractivity contribution in [3.8, 4) is 0 Å². The van der Waals surface area contributed by atoms with Gasteiger partial charge in [0.25, 0.3) is 0 Å². The third-order valence-electron chi connectivity index (χ3n) is 3.49. The fourth-order valence-corrected chi connectivity index (χ4v) is 3.02. The van der Waals surface area contributed by atoms with E-state index in [2.05, 4.69) is 41.6 Å². The van der Waals surface area contributed by atoms with Crippen LogP contribution in [0.2, 0.25) is 0 Å². The number of hydrogen-bond donors (Lipinski definition) is 2. The standard InChI is InChI=1S/C17H29N3OS.HI/c1-13-9-7-8-10-15(13)14(2)20-16(18-6)19-11-12-22(21)17(3,4)5;/h7-10,14H,11-12H2,1-6H3,(H2,18,19,20);1H. The van der Waals surface area contributed by atoms with Gasteiger partial charge in [0, 0.05) is 34.9 Å². The summed E-state index contributed by atoms with van der Waals surface area (Å²) in [5.41, 5.74) is 2.51. The summed E-state index contributed by atoms with van der Waals surface area (Å²) < 4.78 is 11.9. The van der Waals surface area contributed by atoms with Gasteiger partial charge in [-0.2, -0.15) is 0 Å². The van der Waals surface area contributed by atoms with Crippen LogP contribution in [0.1, 0.15) is 44.9 Å². The van der Waals surface area contributed by atoms with E-state index < -0.39 is 10.8 Å². The maximum atomic E-state index is 12.0. The number of guanidine groups is 1. The molecule has 0 saturated heterocycles. The van der Waals surface area contributed by atoms with Crippen molar-refractivity contribution in [3.05, 3.63) is 35.4 Å². The Kier molecular flexibility index (Phi) is 10.00. The summed E-state index contributed by atoms with van der Waals surface area (Å²) in [4.78, 5) is 4.24. The van der Waals surface area contributed by atoms with Gasteiger partial charge in [-0.1, -0.05) is 24.3 Å². The molecular weight excluding hydrogens is 421 g/mol. The molecule has 0 saturated carbocycles. The lowest BCUT2D eigenvalue weighted by atomic mass is 10.0. The largest absolute Gasteiger partial charge is 0.355 e. The van der Waals surface area contributed by atoms with Crippen molar-refractivity contribution >= 4 is 40.7 Å². The topological polar surface area (TPSA) is 53.5 Å². The highest BCUT2D eigenvalue weighted by Gasteiger charge is 2.18. The van der Waals surface area contributed by atoms with E-state index in [9.17, 15) is 4.21 Å². The summed E-state index contributed by atoms with van der Waals surface area (Å²) in [5.74, 6) is 1.35. The van der Waals surface area contributed by atoms with Crippen molar-refractivity contribution in [1.29, 1.82) is 0 Å². The Morgan fingerprint density at radius 1 is 1.30 bits per heavy atom. The molecule has 1 aromatic carbocycles. The monoisotopic (exact) mass is 451 g/mol. The van der Waals surface area contributed by atoms with Gasteiger partial charge in [-0.3, -0.25) is 9.20 Å². The highest BCUT2D eigenvalue weighted by atomic mass is 127. The first-order valence-corrected chi connectivity index (χ1v) is 8.98. The van der Waals surface area contributed by atoms with E-state index in [1.165, 1.54) is 11.1 Å². The summed E-state index contributed by atoms with van der Waals surface area (Å²) >= 11 is 0. The second-order valence-electron chi connectivity index (χ2n) is 6.38. The quantitative estimate of drug-likeness (QED) is 0.410. The minimum atomic E-state index is -0.853. The minimum Gasteiger partial charge on any atom is -0.355 e. The first-order chi connectivity index (χ1) is 10.3. The van der Waals surface area contributed by atoms with Crippen LogP contribution >= 0.6 is 24.0 Å². The van der Waals surface area contributed by atoms with Crippen LogP contribution in [0, 0.1) is 6.92 Å². The fraction of sp³-hybridized carbons (Fsp3) is 0.588. The zero-order valence-corrected chi connectivity index (χ0v) is 18.1. The normalized spacial score (nSPS) is 14.6.